The molecule has 1 aliphatic rings. The van der Waals surface area contributed by atoms with Gasteiger partial charge in [-0.05, 0) is 43.2 Å². The van der Waals surface area contributed by atoms with Crippen molar-refractivity contribution in [2.24, 2.45) is 0 Å². The van der Waals surface area contributed by atoms with Gasteiger partial charge in [-0.1, -0.05) is 30.3 Å². The molecular formula is C24H26F3N5O2. The van der Waals surface area contributed by atoms with E-state index in [0.29, 0.717) is 30.9 Å². The summed E-state index contributed by atoms with van der Waals surface area (Å²) in [6.45, 7) is 6.49. The second-order valence-electron chi connectivity index (χ2n) is 8.35. The fraction of sp³-hybridized carbons (Fsp3) is 0.375. The van der Waals surface area contributed by atoms with E-state index in [1.165, 1.54) is 12.1 Å². The van der Waals surface area contributed by atoms with Crippen LogP contribution in [0.5, 0.6) is 5.75 Å². The molecule has 2 aromatic carbocycles. The largest absolute Gasteiger partial charge is 0.573 e. The van der Waals surface area contributed by atoms with Gasteiger partial charge in [0.15, 0.2) is 5.82 Å². The van der Waals surface area contributed by atoms with Crippen molar-refractivity contribution < 1.29 is 22.7 Å². The van der Waals surface area contributed by atoms with Crippen LogP contribution in [0.2, 0.25) is 0 Å². The highest BCUT2D eigenvalue weighted by Gasteiger charge is 2.31. The smallest absolute Gasteiger partial charge is 0.406 e. The van der Waals surface area contributed by atoms with E-state index >= 15 is 0 Å². The lowest BCUT2D eigenvalue weighted by Crippen LogP contribution is -2.30. The maximum Gasteiger partial charge on any atom is 0.573 e. The van der Waals surface area contributed by atoms with E-state index in [1.54, 1.807) is 18.2 Å². The zero-order chi connectivity index (χ0) is 24.3. The number of ether oxygens (including phenoxy) is 1. The Morgan fingerprint density at radius 1 is 1.09 bits per heavy atom. The highest BCUT2D eigenvalue weighted by atomic mass is 19.4. The summed E-state index contributed by atoms with van der Waals surface area (Å²) in [7, 11) is 0. The van der Waals surface area contributed by atoms with Crippen molar-refractivity contribution in [3.05, 3.63) is 76.9 Å². The Hall–Kier alpha value is -3.40. The number of fused-ring (bicyclic) bond motifs is 1. The molecule has 1 unspecified atom stereocenters. The first-order valence-corrected chi connectivity index (χ1v) is 11.0. The molecule has 0 aliphatic carbocycles. The second kappa shape index (κ2) is 9.84. The van der Waals surface area contributed by atoms with Crippen LogP contribution < -0.4 is 10.1 Å². The van der Waals surface area contributed by atoms with Crippen LogP contribution in [0.25, 0.3) is 0 Å². The number of aromatic nitrogens is 3. The molecule has 0 radical (unpaired) electrons. The minimum Gasteiger partial charge on any atom is -0.406 e. The highest BCUT2D eigenvalue weighted by Crippen LogP contribution is 2.23. The molecule has 0 fully saturated rings. The molecule has 0 saturated heterocycles. The Morgan fingerprint density at radius 2 is 1.82 bits per heavy atom. The van der Waals surface area contributed by atoms with Crippen LogP contribution in [0, 0.1) is 6.92 Å². The number of hydrogen-bond acceptors (Lipinski definition) is 5. The number of carbonyl (C=O) groups excluding carboxylic acids is 1. The second-order valence-corrected chi connectivity index (χ2v) is 8.35. The van der Waals surface area contributed by atoms with E-state index in [4.69, 9.17) is 0 Å². The molecule has 1 aliphatic heterocycles. The first-order chi connectivity index (χ1) is 16.2. The Bertz CT molecular complexity index is 1140. The minimum absolute atomic E-state index is 0.156. The van der Waals surface area contributed by atoms with Crippen LogP contribution in [-0.2, 0) is 19.5 Å². The van der Waals surface area contributed by atoms with E-state index in [-0.39, 0.29) is 17.7 Å². The monoisotopic (exact) mass is 473 g/mol. The van der Waals surface area contributed by atoms with Crippen LogP contribution in [0.15, 0.2) is 48.5 Å². The predicted octanol–water partition coefficient (Wildman–Crippen LogP) is 4.03. The molecule has 180 valence electrons. The molecular weight excluding hydrogens is 447 g/mol. The third kappa shape index (κ3) is 5.74. The third-order valence-corrected chi connectivity index (χ3v) is 5.84. The first kappa shape index (κ1) is 23.7. The van der Waals surface area contributed by atoms with E-state index < -0.39 is 6.36 Å². The van der Waals surface area contributed by atoms with Gasteiger partial charge in [0, 0.05) is 38.2 Å². The highest BCUT2D eigenvalue weighted by molar-refractivity contribution is 5.95. The van der Waals surface area contributed by atoms with Crippen molar-refractivity contribution in [2.75, 3.05) is 13.1 Å². The van der Waals surface area contributed by atoms with Gasteiger partial charge < -0.3 is 14.6 Å². The normalized spacial score (nSPS) is 15.3. The number of rotatable bonds is 6. The van der Waals surface area contributed by atoms with Crippen molar-refractivity contribution in [1.82, 2.24) is 25.0 Å². The van der Waals surface area contributed by atoms with Crippen LogP contribution in [0.1, 0.15) is 46.1 Å². The summed E-state index contributed by atoms with van der Waals surface area (Å²) in [6, 6.07) is 13.0. The Balaban J connectivity index is 1.37. The molecule has 0 saturated carbocycles. The van der Waals surface area contributed by atoms with Gasteiger partial charge in [-0.3, -0.25) is 9.69 Å². The molecule has 1 aromatic heterocycles. The number of halogens is 3. The van der Waals surface area contributed by atoms with Crippen LogP contribution in [0.3, 0.4) is 0 Å². The lowest BCUT2D eigenvalue weighted by molar-refractivity contribution is -0.274. The fourth-order valence-electron chi connectivity index (χ4n) is 4.09. The zero-order valence-electron chi connectivity index (χ0n) is 19.0. The average Bonchev–Trinajstić information content (AvgIpc) is 3.09. The van der Waals surface area contributed by atoms with Crippen molar-refractivity contribution in [2.45, 2.75) is 45.8 Å². The van der Waals surface area contributed by atoms with Crippen molar-refractivity contribution in [3.63, 3.8) is 0 Å². The minimum atomic E-state index is -4.70. The van der Waals surface area contributed by atoms with Crippen molar-refractivity contribution >= 4 is 5.91 Å². The molecule has 7 nitrogen and oxygen atoms in total. The van der Waals surface area contributed by atoms with Crippen molar-refractivity contribution in [1.29, 1.82) is 0 Å². The van der Waals surface area contributed by atoms with Gasteiger partial charge >= 0.3 is 6.36 Å². The van der Waals surface area contributed by atoms with E-state index in [9.17, 15) is 18.0 Å². The van der Waals surface area contributed by atoms with Gasteiger partial charge in [0.05, 0.1) is 6.04 Å². The van der Waals surface area contributed by atoms with E-state index in [2.05, 4.69) is 25.2 Å². The Morgan fingerprint density at radius 3 is 2.53 bits per heavy atom. The maximum absolute atomic E-state index is 12.7. The number of benzene rings is 2. The zero-order valence-corrected chi connectivity index (χ0v) is 19.0. The summed E-state index contributed by atoms with van der Waals surface area (Å²) in [5.41, 5.74) is 2.43. The van der Waals surface area contributed by atoms with Crippen LogP contribution in [0.4, 0.5) is 13.2 Å². The standard InChI is InChI=1S/C24H26F3N5O2/c1-16-5-3-4-6-20(16)23(33)28-17(2)22-30-29-21-11-12-31(13-14-32(21)22)15-18-7-9-19(10-8-18)34-24(25,26)27/h3-10,17H,11-15H2,1-2H3,(H,28,33). The molecule has 34 heavy (non-hydrogen) atoms. The Kier molecular flexibility index (Phi) is 6.87. The average molecular weight is 473 g/mol. The maximum atomic E-state index is 12.7. The van der Waals surface area contributed by atoms with Gasteiger partial charge in [0.2, 0.25) is 0 Å². The van der Waals surface area contributed by atoms with E-state index in [0.717, 1.165) is 30.0 Å². The topological polar surface area (TPSA) is 72.3 Å². The quantitative estimate of drug-likeness (QED) is 0.585. The molecule has 0 bridgehead atoms. The number of hydrogen-bond donors (Lipinski definition) is 1. The molecule has 0 spiro atoms. The van der Waals surface area contributed by atoms with E-state index in [1.807, 2.05) is 36.6 Å². The van der Waals surface area contributed by atoms with Gasteiger partial charge in [-0.2, -0.15) is 0 Å². The molecule has 1 amide bonds. The van der Waals surface area contributed by atoms with Crippen LogP contribution >= 0.6 is 0 Å². The molecule has 10 heteroatoms. The van der Waals surface area contributed by atoms with Gasteiger partial charge in [-0.15, -0.1) is 23.4 Å². The van der Waals surface area contributed by atoms with Gasteiger partial charge in [0.1, 0.15) is 11.6 Å². The molecule has 4 rings (SSSR count). The number of nitrogens with zero attached hydrogens (tertiary/aromatic N) is 4. The fourth-order valence-corrected chi connectivity index (χ4v) is 4.09. The third-order valence-electron chi connectivity index (χ3n) is 5.84. The van der Waals surface area contributed by atoms with Gasteiger partial charge in [0.25, 0.3) is 5.91 Å². The number of nitrogens with one attached hydrogen (secondary N) is 1. The van der Waals surface area contributed by atoms with Gasteiger partial charge in [-0.25, -0.2) is 0 Å². The molecule has 1 N–H and O–H groups in total. The summed E-state index contributed by atoms with van der Waals surface area (Å²) in [5.74, 6) is 1.16. The SMILES string of the molecule is Cc1ccccc1C(=O)NC(C)c1nnc2n1CCN(Cc1ccc(OC(F)(F)F)cc1)CC2. The summed E-state index contributed by atoms with van der Waals surface area (Å²) >= 11 is 0. The molecule has 2 heterocycles. The van der Waals surface area contributed by atoms with Crippen LogP contribution in [-0.4, -0.2) is 45.0 Å². The number of carbonyl (C=O) groups is 1. The number of amides is 1. The number of alkyl halides is 3. The Labute approximate surface area is 195 Å². The molecule has 3 aromatic rings. The summed E-state index contributed by atoms with van der Waals surface area (Å²) in [6.07, 6.45) is -4.02. The number of aryl methyl sites for hydroxylation is 1. The van der Waals surface area contributed by atoms with Crippen molar-refractivity contribution in [3.8, 4) is 5.75 Å². The molecule has 1 atom stereocenters. The summed E-state index contributed by atoms with van der Waals surface area (Å²) < 4.78 is 43.0. The predicted molar refractivity (Wildman–Crippen MR) is 119 cm³/mol. The lowest BCUT2D eigenvalue weighted by atomic mass is 10.1. The summed E-state index contributed by atoms with van der Waals surface area (Å²) in [5, 5.41) is 11.7. The lowest BCUT2D eigenvalue weighted by Gasteiger charge is -2.20. The summed E-state index contributed by atoms with van der Waals surface area (Å²) in [4.78, 5) is 14.9. The first-order valence-electron chi connectivity index (χ1n) is 11.0.